The Morgan fingerprint density at radius 2 is 1.65 bits per heavy atom. The molecule has 2 amide bonds. The molecule has 4 rings (SSSR count). The van der Waals surface area contributed by atoms with Crippen LogP contribution in [0.3, 0.4) is 0 Å². The maximum atomic E-state index is 13.5. The molecule has 196 valence electrons. The van der Waals surface area contributed by atoms with E-state index in [0.717, 1.165) is 35.5 Å². The lowest BCUT2D eigenvalue weighted by molar-refractivity contribution is -0.118. The van der Waals surface area contributed by atoms with Gasteiger partial charge in [0.1, 0.15) is 16.5 Å². The Morgan fingerprint density at radius 3 is 2.30 bits per heavy atom. The number of hydrogen-bond donors (Lipinski definition) is 2. The van der Waals surface area contributed by atoms with Crippen molar-refractivity contribution in [2.45, 2.75) is 47.0 Å². The van der Waals surface area contributed by atoms with Gasteiger partial charge in [-0.15, -0.1) is 11.3 Å². The molecule has 0 fully saturated rings. The Labute approximate surface area is 227 Å². The number of halogens is 1. The number of benzene rings is 2. The molecular weight excluding hydrogens is 508 g/mol. The monoisotopic (exact) mass is 540 g/mol. The van der Waals surface area contributed by atoms with E-state index < -0.39 is 0 Å². The van der Waals surface area contributed by atoms with Crippen LogP contribution in [-0.4, -0.2) is 25.0 Å². The van der Waals surface area contributed by atoms with Crippen molar-refractivity contribution in [1.82, 2.24) is 0 Å². The normalized spacial score (nSPS) is 15.0. The van der Waals surface area contributed by atoms with E-state index in [1.165, 1.54) is 11.3 Å². The SMILES string of the molecule is CCOc1ccc(NC(=O)c2c(NC(=O)COc3ccc(Cl)cc3)sc3c2CCC(C(C)(C)C)C3)cc1. The van der Waals surface area contributed by atoms with Gasteiger partial charge in [0, 0.05) is 15.6 Å². The molecule has 8 heteroatoms. The summed E-state index contributed by atoms with van der Waals surface area (Å²) in [5.74, 6) is 1.25. The summed E-state index contributed by atoms with van der Waals surface area (Å²) in [6.45, 7) is 9.10. The number of anilines is 2. The summed E-state index contributed by atoms with van der Waals surface area (Å²) in [7, 11) is 0. The number of rotatable bonds is 8. The third-order valence-corrected chi connectivity index (χ3v) is 8.00. The number of hydrogen-bond acceptors (Lipinski definition) is 5. The van der Waals surface area contributed by atoms with Crippen molar-refractivity contribution in [3.8, 4) is 11.5 Å². The van der Waals surface area contributed by atoms with Gasteiger partial charge in [-0.2, -0.15) is 0 Å². The number of thiophene rings is 1. The largest absolute Gasteiger partial charge is 0.494 e. The number of ether oxygens (including phenoxy) is 2. The smallest absolute Gasteiger partial charge is 0.262 e. The second-order valence-electron chi connectivity index (χ2n) is 10.2. The molecule has 6 nitrogen and oxygen atoms in total. The Balaban J connectivity index is 1.55. The molecule has 0 saturated heterocycles. The molecule has 1 aliphatic carbocycles. The molecule has 1 aromatic heterocycles. The van der Waals surface area contributed by atoms with Crippen LogP contribution in [0, 0.1) is 11.3 Å². The van der Waals surface area contributed by atoms with E-state index in [1.54, 1.807) is 24.3 Å². The fourth-order valence-electron chi connectivity index (χ4n) is 4.49. The van der Waals surface area contributed by atoms with Gasteiger partial charge < -0.3 is 20.1 Å². The summed E-state index contributed by atoms with van der Waals surface area (Å²) >= 11 is 7.41. The molecule has 3 aromatic rings. The van der Waals surface area contributed by atoms with Crippen molar-refractivity contribution in [2.75, 3.05) is 23.8 Å². The summed E-state index contributed by atoms with van der Waals surface area (Å²) in [5.41, 5.74) is 2.41. The fraction of sp³-hybridized carbons (Fsp3) is 0.379. The number of carbonyl (C=O) groups is 2. The molecule has 2 N–H and O–H groups in total. The molecule has 0 aliphatic heterocycles. The molecule has 0 radical (unpaired) electrons. The summed E-state index contributed by atoms with van der Waals surface area (Å²) in [4.78, 5) is 27.5. The minimum absolute atomic E-state index is 0.169. The molecule has 1 heterocycles. The molecule has 37 heavy (non-hydrogen) atoms. The van der Waals surface area contributed by atoms with Gasteiger partial charge in [0.15, 0.2) is 6.61 Å². The van der Waals surface area contributed by atoms with E-state index in [-0.39, 0.29) is 23.8 Å². The third-order valence-electron chi connectivity index (χ3n) is 6.58. The number of carbonyl (C=O) groups excluding carboxylic acids is 2. The topological polar surface area (TPSA) is 76.7 Å². The fourth-order valence-corrected chi connectivity index (χ4v) is 5.96. The lowest BCUT2D eigenvalue weighted by atomic mass is 9.72. The second-order valence-corrected chi connectivity index (χ2v) is 11.8. The van der Waals surface area contributed by atoms with Crippen LogP contribution in [-0.2, 0) is 17.6 Å². The highest BCUT2D eigenvalue weighted by atomic mass is 35.5. The lowest BCUT2D eigenvalue weighted by Crippen LogP contribution is -2.27. The maximum absolute atomic E-state index is 13.5. The van der Waals surface area contributed by atoms with Crippen LogP contribution in [0.15, 0.2) is 48.5 Å². The summed E-state index contributed by atoms with van der Waals surface area (Å²) in [6, 6.07) is 14.1. The average Bonchev–Trinajstić information content (AvgIpc) is 3.21. The van der Waals surface area contributed by atoms with Crippen molar-refractivity contribution in [1.29, 1.82) is 0 Å². The van der Waals surface area contributed by atoms with E-state index in [2.05, 4.69) is 31.4 Å². The average molecular weight is 541 g/mol. The van der Waals surface area contributed by atoms with Gasteiger partial charge in [0.2, 0.25) is 0 Å². The van der Waals surface area contributed by atoms with E-state index in [1.807, 2.05) is 31.2 Å². The number of fused-ring (bicyclic) bond motifs is 1. The van der Waals surface area contributed by atoms with Gasteiger partial charge in [-0.1, -0.05) is 32.4 Å². The van der Waals surface area contributed by atoms with Crippen molar-refractivity contribution >= 4 is 45.4 Å². The van der Waals surface area contributed by atoms with Gasteiger partial charge in [0.05, 0.1) is 12.2 Å². The van der Waals surface area contributed by atoms with E-state index in [4.69, 9.17) is 21.1 Å². The first kappa shape index (κ1) is 27.0. The molecular formula is C29H33ClN2O4S. The van der Waals surface area contributed by atoms with Crippen LogP contribution < -0.4 is 20.1 Å². The quantitative estimate of drug-likeness (QED) is 0.316. The van der Waals surface area contributed by atoms with Crippen molar-refractivity contribution in [3.63, 3.8) is 0 Å². The third kappa shape index (κ3) is 6.84. The Bertz CT molecular complexity index is 1250. The van der Waals surface area contributed by atoms with Crippen LogP contribution in [0.1, 0.15) is 54.9 Å². The molecule has 1 aliphatic rings. The van der Waals surface area contributed by atoms with Gasteiger partial charge in [-0.05, 0) is 91.6 Å². The molecule has 1 atom stereocenters. The number of nitrogens with one attached hydrogen (secondary N) is 2. The van der Waals surface area contributed by atoms with Crippen LogP contribution in [0.2, 0.25) is 5.02 Å². The standard InChI is InChI=1S/C29H33ClN2O4S/c1-5-35-21-13-9-20(10-14-21)31-27(34)26-23-15-6-18(29(2,3)4)16-24(23)37-28(26)32-25(33)17-36-22-11-7-19(30)8-12-22/h7-14,18H,5-6,15-17H2,1-4H3,(H,31,34)(H,32,33). The minimum atomic E-state index is -0.323. The first-order valence-electron chi connectivity index (χ1n) is 12.5. The van der Waals surface area contributed by atoms with Gasteiger partial charge in [0.25, 0.3) is 11.8 Å². The maximum Gasteiger partial charge on any atom is 0.262 e. The Kier molecular flexibility index (Phi) is 8.45. The molecule has 0 spiro atoms. The Morgan fingerprint density at radius 1 is 1.00 bits per heavy atom. The van der Waals surface area contributed by atoms with Crippen LogP contribution in [0.5, 0.6) is 11.5 Å². The zero-order chi connectivity index (χ0) is 26.6. The van der Waals surface area contributed by atoms with Crippen molar-refractivity contribution in [3.05, 3.63) is 69.6 Å². The number of amides is 2. The predicted molar refractivity (Wildman–Crippen MR) is 150 cm³/mol. The predicted octanol–water partition coefficient (Wildman–Crippen LogP) is 7.22. The minimum Gasteiger partial charge on any atom is -0.494 e. The highest BCUT2D eigenvalue weighted by molar-refractivity contribution is 7.17. The van der Waals surface area contributed by atoms with Gasteiger partial charge in [-0.25, -0.2) is 0 Å². The van der Waals surface area contributed by atoms with Crippen LogP contribution in [0.4, 0.5) is 10.7 Å². The van der Waals surface area contributed by atoms with E-state index in [9.17, 15) is 9.59 Å². The molecule has 0 bridgehead atoms. The first-order valence-corrected chi connectivity index (χ1v) is 13.7. The first-order chi connectivity index (χ1) is 17.6. The molecule has 1 unspecified atom stereocenters. The van der Waals surface area contributed by atoms with Crippen molar-refractivity contribution < 1.29 is 19.1 Å². The van der Waals surface area contributed by atoms with Crippen LogP contribution in [0.25, 0.3) is 0 Å². The lowest BCUT2D eigenvalue weighted by Gasteiger charge is -2.33. The summed E-state index contributed by atoms with van der Waals surface area (Å²) in [6.07, 6.45) is 2.70. The van der Waals surface area contributed by atoms with Gasteiger partial charge >= 0.3 is 0 Å². The second kappa shape index (κ2) is 11.6. The van der Waals surface area contributed by atoms with Crippen molar-refractivity contribution in [2.24, 2.45) is 11.3 Å². The zero-order valence-corrected chi connectivity index (χ0v) is 23.2. The molecule has 2 aromatic carbocycles. The Hall–Kier alpha value is -3.03. The van der Waals surface area contributed by atoms with Crippen LogP contribution >= 0.6 is 22.9 Å². The van der Waals surface area contributed by atoms with E-state index >= 15 is 0 Å². The highest BCUT2D eigenvalue weighted by Gasteiger charge is 2.34. The van der Waals surface area contributed by atoms with Gasteiger partial charge in [-0.3, -0.25) is 9.59 Å². The highest BCUT2D eigenvalue weighted by Crippen LogP contribution is 2.44. The molecule has 0 saturated carbocycles. The summed E-state index contributed by atoms with van der Waals surface area (Å²) in [5, 5.41) is 7.10. The van der Waals surface area contributed by atoms with E-state index in [0.29, 0.717) is 39.5 Å². The summed E-state index contributed by atoms with van der Waals surface area (Å²) < 4.78 is 11.1. The zero-order valence-electron chi connectivity index (χ0n) is 21.7.